The predicted molar refractivity (Wildman–Crippen MR) is 62.9 cm³/mol. The number of hydrogen-bond donors (Lipinski definition) is 1. The second kappa shape index (κ2) is 3.45. The molecule has 0 fully saturated rings. The molecule has 16 heavy (non-hydrogen) atoms. The number of allylic oxidation sites excluding steroid dienone is 2. The number of rotatable bonds is 0. The number of fused-ring (bicyclic) bond motifs is 3. The Balaban J connectivity index is 2.21. The summed E-state index contributed by atoms with van der Waals surface area (Å²) in [6.07, 6.45) is 6.36. The van der Waals surface area contributed by atoms with Gasteiger partial charge in [0.15, 0.2) is 0 Å². The topological polar surface area (TPSA) is 41.5 Å². The van der Waals surface area contributed by atoms with Crippen molar-refractivity contribution in [3.05, 3.63) is 53.1 Å². The molecule has 0 saturated carbocycles. The largest absolute Gasteiger partial charge is 0.273 e. The third-order valence-electron chi connectivity index (χ3n) is 2.74. The normalized spacial score (nSPS) is 17.6. The molecule has 0 bridgehead atoms. The molecule has 78 valence electrons. The molecule has 0 saturated heterocycles. The average molecular weight is 210 g/mol. The number of hydrazone groups is 1. The first kappa shape index (κ1) is 9.09. The summed E-state index contributed by atoms with van der Waals surface area (Å²) < 4.78 is 0. The van der Waals surface area contributed by atoms with Gasteiger partial charge in [-0.25, -0.2) is 5.43 Å². The molecule has 1 aliphatic heterocycles. The van der Waals surface area contributed by atoms with Crippen molar-refractivity contribution < 1.29 is 4.79 Å². The molecule has 1 amide bonds. The predicted octanol–water partition coefficient (Wildman–Crippen LogP) is 1.86. The molecule has 1 heterocycles. The fourth-order valence-corrected chi connectivity index (χ4v) is 1.98. The number of hydrogen-bond acceptors (Lipinski definition) is 2. The van der Waals surface area contributed by atoms with Crippen LogP contribution >= 0.6 is 0 Å². The lowest BCUT2D eigenvalue weighted by Crippen LogP contribution is -2.28. The SMILES string of the molecule is O=C1CC2=CC=Cc3ccccc3C2=NN1. The Hall–Kier alpha value is -2.16. The van der Waals surface area contributed by atoms with Crippen molar-refractivity contribution in [2.45, 2.75) is 6.42 Å². The zero-order chi connectivity index (χ0) is 11.0. The lowest BCUT2D eigenvalue weighted by molar-refractivity contribution is -0.120. The fourth-order valence-electron chi connectivity index (χ4n) is 1.98. The van der Waals surface area contributed by atoms with E-state index < -0.39 is 0 Å². The van der Waals surface area contributed by atoms with Crippen molar-refractivity contribution in [1.29, 1.82) is 0 Å². The van der Waals surface area contributed by atoms with Crippen LogP contribution in [0.25, 0.3) is 6.08 Å². The van der Waals surface area contributed by atoms with Crippen molar-refractivity contribution in [3.8, 4) is 0 Å². The number of amides is 1. The van der Waals surface area contributed by atoms with E-state index in [0.29, 0.717) is 6.42 Å². The van der Waals surface area contributed by atoms with Crippen LogP contribution in [0.3, 0.4) is 0 Å². The molecule has 3 rings (SSSR count). The van der Waals surface area contributed by atoms with Gasteiger partial charge in [0.1, 0.15) is 0 Å². The van der Waals surface area contributed by atoms with Crippen LogP contribution in [0.1, 0.15) is 17.5 Å². The lowest BCUT2D eigenvalue weighted by Gasteiger charge is -2.15. The molecular weight excluding hydrogens is 200 g/mol. The zero-order valence-corrected chi connectivity index (χ0v) is 8.60. The van der Waals surface area contributed by atoms with E-state index in [9.17, 15) is 4.79 Å². The van der Waals surface area contributed by atoms with Crippen LogP contribution in [0.15, 0.2) is 47.1 Å². The Morgan fingerprint density at radius 1 is 1.25 bits per heavy atom. The molecule has 0 aromatic heterocycles. The van der Waals surface area contributed by atoms with Crippen molar-refractivity contribution in [3.63, 3.8) is 0 Å². The smallest absolute Gasteiger partial charge is 0.244 e. The summed E-state index contributed by atoms with van der Waals surface area (Å²) in [5.41, 5.74) is 6.58. The molecule has 1 aliphatic carbocycles. The molecule has 3 heteroatoms. The molecule has 0 radical (unpaired) electrons. The standard InChI is InChI=1S/C13H10N2O/c16-12-8-10-6-3-5-9-4-1-2-7-11(9)13(10)15-14-12/h1-7H,8H2,(H,14,16). The summed E-state index contributed by atoms with van der Waals surface area (Å²) in [6.45, 7) is 0. The second-order valence-corrected chi connectivity index (χ2v) is 3.81. The van der Waals surface area contributed by atoms with Crippen LogP contribution in [0.4, 0.5) is 0 Å². The van der Waals surface area contributed by atoms with Gasteiger partial charge in [0.2, 0.25) is 5.91 Å². The molecule has 0 unspecified atom stereocenters. The summed E-state index contributed by atoms with van der Waals surface area (Å²) in [6, 6.07) is 8.04. The average Bonchev–Trinajstić information content (AvgIpc) is 2.47. The van der Waals surface area contributed by atoms with E-state index in [1.165, 1.54) is 0 Å². The van der Waals surface area contributed by atoms with E-state index in [4.69, 9.17) is 0 Å². The number of nitrogens with zero attached hydrogens (tertiary/aromatic N) is 1. The quantitative estimate of drug-likeness (QED) is 0.697. The maximum atomic E-state index is 11.3. The van der Waals surface area contributed by atoms with Crippen molar-refractivity contribution in [2.24, 2.45) is 5.10 Å². The van der Waals surface area contributed by atoms with Crippen LogP contribution in [-0.4, -0.2) is 11.6 Å². The van der Waals surface area contributed by atoms with Gasteiger partial charge >= 0.3 is 0 Å². The van der Waals surface area contributed by atoms with Crippen LogP contribution in [-0.2, 0) is 4.79 Å². The minimum absolute atomic E-state index is 0.0530. The highest BCUT2D eigenvalue weighted by Crippen LogP contribution is 2.23. The highest BCUT2D eigenvalue weighted by atomic mass is 16.2. The van der Waals surface area contributed by atoms with Gasteiger partial charge in [-0.2, -0.15) is 5.10 Å². The van der Waals surface area contributed by atoms with E-state index in [1.807, 2.05) is 42.5 Å². The first-order chi connectivity index (χ1) is 7.84. The monoisotopic (exact) mass is 210 g/mol. The highest BCUT2D eigenvalue weighted by Gasteiger charge is 2.21. The highest BCUT2D eigenvalue weighted by molar-refractivity contribution is 6.18. The molecule has 3 nitrogen and oxygen atoms in total. The van der Waals surface area contributed by atoms with Crippen molar-refractivity contribution >= 4 is 17.7 Å². The number of benzene rings is 1. The van der Waals surface area contributed by atoms with Gasteiger partial charge in [-0.3, -0.25) is 4.79 Å². The lowest BCUT2D eigenvalue weighted by atomic mass is 9.96. The molecular formula is C13H10N2O. The Kier molecular flexibility index (Phi) is 1.96. The zero-order valence-electron chi connectivity index (χ0n) is 8.60. The van der Waals surface area contributed by atoms with Gasteiger partial charge in [0, 0.05) is 5.56 Å². The summed E-state index contributed by atoms with van der Waals surface area (Å²) in [4.78, 5) is 11.3. The van der Waals surface area contributed by atoms with Gasteiger partial charge in [0.05, 0.1) is 12.1 Å². The minimum atomic E-state index is -0.0530. The van der Waals surface area contributed by atoms with E-state index in [2.05, 4.69) is 10.5 Å². The van der Waals surface area contributed by atoms with Crippen LogP contribution in [0, 0.1) is 0 Å². The van der Waals surface area contributed by atoms with Crippen molar-refractivity contribution in [2.75, 3.05) is 0 Å². The third-order valence-corrected chi connectivity index (χ3v) is 2.74. The Morgan fingerprint density at radius 2 is 2.12 bits per heavy atom. The van der Waals surface area contributed by atoms with Crippen LogP contribution in [0.5, 0.6) is 0 Å². The Morgan fingerprint density at radius 3 is 3.06 bits per heavy atom. The summed E-state index contributed by atoms with van der Waals surface area (Å²) >= 11 is 0. The maximum absolute atomic E-state index is 11.3. The molecule has 1 aromatic carbocycles. The molecule has 2 aliphatic rings. The van der Waals surface area contributed by atoms with Gasteiger partial charge in [-0.15, -0.1) is 0 Å². The summed E-state index contributed by atoms with van der Waals surface area (Å²) in [5.74, 6) is -0.0530. The van der Waals surface area contributed by atoms with Crippen LogP contribution < -0.4 is 5.43 Å². The van der Waals surface area contributed by atoms with E-state index in [1.54, 1.807) is 0 Å². The minimum Gasteiger partial charge on any atom is -0.273 e. The second-order valence-electron chi connectivity index (χ2n) is 3.81. The molecule has 0 atom stereocenters. The molecule has 0 spiro atoms. The summed E-state index contributed by atoms with van der Waals surface area (Å²) in [7, 11) is 0. The van der Waals surface area contributed by atoms with E-state index >= 15 is 0 Å². The Labute approximate surface area is 93.2 Å². The fraction of sp³-hybridized carbons (Fsp3) is 0.0769. The van der Waals surface area contributed by atoms with Crippen LogP contribution in [0.2, 0.25) is 0 Å². The van der Waals surface area contributed by atoms with E-state index in [0.717, 1.165) is 22.4 Å². The number of nitrogens with one attached hydrogen (secondary N) is 1. The number of carbonyl (C=O) groups is 1. The first-order valence-electron chi connectivity index (χ1n) is 5.18. The summed E-state index contributed by atoms with van der Waals surface area (Å²) in [5, 5.41) is 4.14. The first-order valence-corrected chi connectivity index (χ1v) is 5.18. The molecule has 1 aromatic rings. The van der Waals surface area contributed by atoms with E-state index in [-0.39, 0.29) is 5.91 Å². The van der Waals surface area contributed by atoms with Gasteiger partial charge < -0.3 is 0 Å². The van der Waals surface area contributed by atoms with Gasteiger partial charge in [0.25, 0.3) is 0 Å². The number of carbonyl (C=O) groups excluding carboxylic acids is 1. The molecule has 1 N–H and O–H groups in total. The Bertz CT molecular complexity index is 553. The van der Waals surface area contributed by atoms with Gasteiger partial charge in [-0.1, -0.05) is 42.5 Å². The third kappa shape index (κ3) is 1.37. The maximum Gasteiger partial charge on any atom is 0.244 e. The van der Waals surface area contributed by atoms with Gasteiger partial charge in [-0.05, 0) is 11.1 Å². The van der Waals surface area contributed by atoms with Crippen molar-refractivity contribution in [1.82, 2.24) is 5.43 Å².